The number of carbonyl (C=O) groups is 1. The molecule has 1 aliphatic rings. The van der Waals surface area contributed by atoms with Gasteiger partial charge in [0.25, 0.3) is 0 Å². The van der Waals surface area contributed by atoms with Gasteiger partial charge in [0.2, 0.25) is 0 Å². The van der Waals surface area contributed by atoms with Crippen LogP contribution in [0.5, 0.6) is 0 Å². The lowest BCUT2D eigenvalue weighted by molar-refractivity contribution is -0.218. The van der Waals surface area contributed by atoms with E-state index in [1.165, 1.54) is 12.2 Å². The second-order valence-electron chi connectivity index (χ2n) is 4.67. The summed E-state index contributed by atoms with van der Waals surface area (Å²) in [4.78, 5) is 11.4. The highest BCUT2D eigenvalue weighted by Gasteiger charge is 2.41. The lowest BCUT2D eigenvalue weighted by atomic mass is 9.81. The monoisotopic (exact) mass is 261 g/mol. The van der Waals surface area contributed by atoms with Crippen molar-refractivity contribution in [3.63, 3.8) is 0 Å². The maximum atomic E-state index is 11.4. The summed E-state index contributed by atoms with van der Waals surface area (Å²) in [5, 5.41) is 11.1. The summed E-state index contributed by atoms with van der Waals surface area (Å²) in [6.07, 6.45) is 1.30. The van der Waals surface area contributed by atoms with E-state index in [0.29, 0.717) is 12.8 Å². The fourth-order valence-electron chi connectivity index (χ4n) is 2.23. The highest BCUT2D eigenvalue weighted by molar-refractivity contribution is 5.72. The molecule has 1 aliphatic heterocycles. The van der Waals surface area contributed by atoms with E-state index in [2.05, 4.69) is 0 Å². The Morgan fingerprint density at radius 3 is 2.06 bits per heavy atom. The molecule has 1 heterocycles. The van der Waals surface area contributed by atoms with Gasteiger partial charge < -0.3 is 9.94 Å². The molecule has 0 saturated carbocycles. The topological polar surface area (TPSA) is 49.8 Å². The molecule has 0 bridgehead atoms. The Bertz CT molecular complexity index is 229. The fourth-order valence-corrected chi connectivity index (χ4v) is 2.23. The molecule has 2 atom stereocenters. The first-order valence-corrected chi connectivity index (χ1v) is 6.94. The minimum atomic E-state index is -0.351. The molecule has 110 valence electrons. The van der Waals surface area contributed by atoms with E-state index in [-0.39, 0.29) is 23.5 Å². The molecule has 1 fully saturated rings. The Morgan fingerprint density at radius 2 is 1.72 bits per heavy atom. The van der Waals surface area contributed by atoms with Crippen molar-refractivity contribution in [1.29, 1.82) is 0 Å². The summed E-state index contributed by atoms with van der Waals surface area (Å²) < 4.78 is 4.73. The van der Waals surface area contributed by atoms with Crippen molar-refractivity contribution < 1.29 is 14.7 Å². The van der Waals surface area contributed by atoms with E-state index in [4.69, 9.17) is 4.74 Å². The Balaban J connectivity index is 0. The van der Waals surface area contributed by atoms with Crippen molar-refractivity contribution in [2.24, 2.45) is 5.92 Å². The van der Waals surface area contributed by atoms with Crippen LogP contribution in [0.4, 0.5) is 0 Å². The van der Waals surface area contributed by atoms with E-state index in [1.807, 2.05) is 48.5 Å². The van der Waals surface area contributed by atoms with E-state index in [9.17, 15) is 10.0 Å². The lowest BCUT2D eigenvalue weighted by Gasteiger charge is -2.44. The van der Waals surface area contributed by atoms with Crippen molar-refractivity contribution in [3.8, 4) is 0 Å². The first-order chi connectivity index (χ1) is 8.38. The zero-order chi connectivity index (χ0) is 14.9. The maximum absolute atomic E-state index is 11.4. The Morgan fingerprint density at radius 1 is 1.28 bits per heavy atom. The number of ether oxygens (including phenoxy) is 1. The number of nitrogens with zero attached hydrogens (tertiary/aromatic N) is 1. The predicted molar refractivity (Wildman–Crippen MR) is 74.6 cm³/mol. The van der Waals surface area contributed by atoms with Crippen LogP contribution in [0.1, 0.15) is 61.3 Å². The molecule has 4 heteroatoms. The number of methoxy groups -OCH3 is 1. The molecular formula is C14H31NO3. The second-order valence-corrected chi connectivity index (χ2v) is 4.67. The van der Waals surface area contributed by atoms with Crippen LogP contribution in [-0.2, 0) is 9.53 Å². The molecule has 1 saturated heterocycles. The highest BCUT2D eigenvalue weighted by atomic mass is 16.5. The molecular weight excluding hydrogens is 230 g/mol. The average molecular weight is 261 g/mol. The van der Waals surface area contributed by atoms with Gasteiger partial charge in [0.15, 0.2) is 0 Å². The molecule has 1 rings (SSSR count). The first-order valence-electron chi connectivity index (χ1n) is 6.94. The summed E-state index contributed by atoms with van der Waals surface area (Å²) in [5.41, 5.74) is -0.351. The van der Waals surface area contributed by atoms with Crippen molar-refractivity contribution in [2.75, 3.05) is 7.11 Å². The Hall–Kier alpha value is -0.610. The third kappa shape index (κ3) is 5.36. The van der Waals surface area contributed by atoms with Crippen molar-refractivity contribution in [2.45, 2.75) is 72.9 Å². The second kappa shape index (κ2) is 9.34. The van der Waals surface area contributed by atoms with Gasteiger partial charge in [-0.05, 0) is 33.6 Å². The lowest BCUT2D eigenvalue weighted by Crippen LogP contribution is -2.53. The molecule has 4 nitrogen and oxygen atoms in total. The predicted octanol–water partition coefficient (Wildman–Crippen LogP) is 3.48. The van der Waals surface area contributed by atoms with E-state index < -0.39 is 0 Å². The van der Waals surface area contributed by atoms with E-state index in [0.717, 1.165) is 0 Å². The number of esters is 1. The van der Waals surface area contributed by atoms with Gasteiger partial charge in [-0.2, -0.15) is 5.06 Å². The van der Waals surface area contributed by atoms with Crippen LogP contribution in [0, 0.1) is 5.92 Å². The van der Waals surface area contributed by atoms with Gasteiger partial charge >= 0.3 is 5.97 Å². The summed E-state index contributed by atoms with van der Waals surface area (Å²) in [6.45, 7) is 13.8. The van der Waals surface area contributed by atoms with Crippen LogP contribution in [0.3, 0.4) is 0 Å². The number of rotatable bonds is 1. The molecule has 0 aromatic heterocycles. The van der Waals surface area contributed by atoms with Crippen molar-refractivity contribution in [1.82, 2.24) is 5.06 Å². The third-order valence-electron chi connectivity index (χ3n) is 2.94. The van der Waals surface area contributed by atoms with Gasteiger partial charge in [-0.1, -0.05) is 27.7 Å². The SMILES string of the molecule is CC.CC.COC(=O)C1CC(C)N(O)C(C)(C)C1. The van der Waals surface area contributed by atoms with E-state index >= 15 is 0 Å². The van der Waals surface area contributed by atoms with Gasteiger partial charge in [-0.15, -0.1) is 0 Å². The fraction of sp³-hybridized carbons (Fsp3) is 0.929. The molecule has 0 aliphatic carbocycles. The minimum Gasteiger partial charge on any atom is -0.469 e. The smallest absolute Gasteiger partial charge is 0.308 e. The molecule has 0 aromatic carbocycles. The number of hydroxylamine groups is 2. The molecule has 1 N–H and O–H groups in total. The number of carbonyl (C=O) groups excluding carboxylic acids is 1. The minimum absolute atomic E-state index is 0.00264. The van der Waals surface area contributed by atoms with Gasteiger partial charge in [-0.3, -0.25) is 4.79 Å². The van der Waals surface area contributed by atoms with Crippen LogP contribution < -0.4 is 0 Å². The zero-order valence-electron chi connectivity index (χ0n) is 13.3. The third-order valence-corrected chi connectivity index (χ3v) is 2.94. The summed E-state index contributed by atoms with van der Waals surface area (Å²) in [6, 6.07) is 0.00264. The van der Waals surface area contributed by atoms with Gasteiger partial charge in [0.1, 0.15) is 0 Å². The molecule has 0 radical (unpaired) electrons. The maximum Gasteiger partial charge on any atom is 0.308 e. The standard InChI is InChI=1S/C10H19NO3.2C2H6/c1-7-5-8(9(12)14-4)6-10(2,3)11(7)13;2*1-2/h7-8,13H,5-6H2,1-4H3;2*1-2H3. The summed E-state index contributed by atoms with van der Waals surface area (Å²) in [5.74, 6) is -0.258. The molecule has 2 unspecified atom stereocenters. The van der Waals surface area contributed by atoms with Crippen molar-refractivity contribution in [3.05, 3.63) is 0 Å². The Labute approximate surface area is 112 Å². The van der Waals surface area contributed by atoms with Crippen LogP contribution in [0.15, 0.2) is 0 Å². The number of piperidine rings is 1. The van der Waals surface area contributed by atoms with Crippen molar-refractivity contribution >= 4 is 5.97 Å². The molecule has 0 aromatic rings. The van der Waals surface area contributed by atoms with E-state index in [1.54, 1.807) is 0 Å². The largest absolute Gasteiger partial charge is 0.469 e. The molecule has 18 heavy (non-hydrogen) atoms. The van der Waals surface area contributed by atoms with Crippen LogP contribution in [0.25, 0.3) is 0 Å². The zero-order valence-corrected chi connectivity index (χ0v) is 13.3. The normalized spacial score (nSPS) is 26.1. The van der Waals surface area contributed by atoms with Gasteiger partial charge in [-0.25, -0.2) is 0 Å². The van der Waals surface area contributed by atoms with Crippen LogP contribution in [0.2, 0.25) is 0 Å². The van der Waals surface area contributed by atoms with Crippen LogP contribution in [-0.4, -0.2) is 34.9 Å². The summed E-state index contributed by atoms with van der Waals surface area (Å²) in [7, 11) is 1.41. The quantitative estimate of drug-likeness (QED) is 0.734. The molecule has 0 spiro atoms. The Kier molecular flexibility index (Phi) is 10.2. The number of hydrogen-bond donors (Lipinski definition) is 1. The number of hydrogen-bond acceptors (Lipinski definition) is 4. The highest BCUT2D eigenvalue weighted by Crippen LogP contribution is 2.34. The first kappa shape index (κ1) is 19.7. The van der Waals surface area contributed by atoms with Gasteiger partial charge in [0.05, 0.1) is 13.0 Å². The average Bonchev–Trinajstić information content (AvgIpc) is 2.39. The molecule has 0 amide bonds. The summed E-state index contributed by atoms with van der Waals surface area (Å²) >= 11 is 0. The van der Waals surface area contributed by atoms with Gasteiger partial charge in [0, 0.05) is 11.6 Å². The van der Waals surface area contributed by atoms with Crippen LogP contribution >= 0.6 is 0 Å².